The third-order valence-electron chi connectivity index (χ3n) is 3.64. The molecule has 0 aliphatic rings. The van der Waals surface area contributed by atoms with Crippen molar-refractivity contribution in [2.75, 3.05) is 0 Å². The number of halogens is 1. The highest BCUT2D eigenvalue weighted by molar-refractivity contribution is 5.70. The third kappa shape index (κ3) is 3.00. The van der Waals surface area contributed by atoms with E-state index >= 15 is 0 Å². The minimum Gasteiger partial charge on any atom is -0.228 e. The summed E-state index contributed by atoms with van der Waals surface area (Å²) in [7, 11) is 0. The van der Waals surface area contributed by atoms with Crippen LogP contribution in [0.5, 0.6) is 0 Å². The Bertz CT molecular complexity index is 713. The van der Waals surface area contributed by atoms with E-state index in [1.807, 2.05) is 12.1 Å². The van der Waals surface area contributed by atoms with Gasteiger partial charge in [-0.25, -0.2) is 4.98 Å². The second kappa shape index (κ2) is 5.88. The number of hydrogen-bond acceptors (Lipinski definition) is 1. The molecule has 0 fully saturated rings. The number of aromatic nitrogens is 1. The Hall–Kier alpha value is -2.48. The molecule has 2 aromatic carbocycles. The van der Waals surface area contributed by atoms with Gasteiger partial charge in [-0.1, -0.05) is 55.5 Å². The highest BCUT2D eigenvalue weighted by Gasteiger charge is 2.01. The van der Waals surface area contributed by atoms with E-state index in [0.29, 0.717) is 0 Å². The van der Waals surface area contributed by atoms with Crippen molar-refractivity contribution < 1.29 is 4.39 Å². The van der Waals surface area contributed by atoms with Gasteiger partial charge in [0, 0.05) is 11.8 Å². The van der Waals surface area contributed by atoms with E-state index in [1.165, 1.54) is 22.8 Å². The Morgan fingerprint density at radius 2 is 1.19 bits per heavy atom. The van der Waals surface area contributed by atoms with E-state index in [-0.39, 0.29) is 0 Å². The first-order valence-electron chi connectivity index (χ1n) is 7.07. The van der Waals surface area contributed by atoms with Crippen LogP contribution in [0.4, 0.5) is 4.39 Å². The summed E-state index contributed by atoms with van der Waals surface area (Å²) in [5, 5.41) is 0. The number of pyridine rings is 1. The van der Waals surface area contributed by atoms with Gasteiger partial charge >= 0.3 is 0 Å². The molecule has 3 rings (SSSR count). The standard InChI is InChI=1S/C19H16FN/c1-2-14-3-5-15(6-4-14)16-7-9-17(10-8-16)18-11-12-19(20)21-13-18/h3-13H,2H2,1H3. The van der Waals surface area contributed by atoms with Crippen molar-refractivity contribution in [3.63, 3.8) is 0 Å². The van der Waals surface area contributed by atoms with Crippen LogP contribution in [0.1, 0.15) is 12.5 Å². The maximum atomic E-state index is 12.8. The number of rotatable bonds is 3. The van der Waals surface area contributed by atoms with E-state index in [1.54, 1.807) is 12.3 Å². The molecule has 0 bridgehead atoms. The lowest BCUT2D eigenvalue weighted by Crippen LogP contribution is -1.85. The van der Waals surface area contributed by atoms with E-state index in [2.05, 4.69) is 48.3 Å². The highest BCUT2D eigenvalue weighted by atomic mass is 19.1. The first-order valence-corrected chi connectivity index (χ1v) is 7.07. The molecule has 0 N–H and O–H groups in total. The molecule has 2 heteroatoms. The van der Waals surface area contributed by atoms with Crippen molar-refractivity contribution in [1.82, 2.24) is 4.98 Å². The molecule has 1 aromatic heterocycles. The summed E-state index contributed by atoms with van der Waals surface area (Å²) in [6, 6.07) is 20.0. The van der Waals surface area contributed by atoms with Gasteiger partial charge < -0.3 is 0 Å². The lowest BCUT2D eigenvalue weighted by Gasteiger charge is -2.05. The summed E-state index contributed by atoms with van der Waals surface area (Å²) in [6.07, 6.45) is 2.61. The molecule has 0 spiro atoms. The Morgan fingerprint density at radius 3 is 1.67 bits per heavy atom. The molecule has 0 atom stereocenters. The first-order chi connectivity index (χ1) is 10.3. The molecule has 1 heterocycles. The minimum atomic E-state index is -0.452. The maximum Gasteiger partial charge on any atom is 0.212 e. The first kappa shape index (κ1) is 13.5. The largest absolute Gasteiger partial charge is 0.228 e. The number of aryl methyl sites for hydroxylation is 1. The van der Waals surface area contributed by atoms with E-state index in [9.17, 15) is 4.39 Å². The van der Waals surface area contributed by atoms with E-state index < -0.39 is 5.95 Å². The van der Waals surface area contributed by atoms with Crippen molar-refractivity contribution in [2.24, 2.45) is 0 Å². The van der Waals surface area contributed by atoms with Crippen LogP contribution in [0.3, 0.4) is 0 Å². The molecule has 104 valence electrons. The molecule has 0 radical (unpaired) electrons. The second-order valence-electron chi connectivity index (χ2n) is 5.00. The van der Waals surface area contributed by atoms with Gasteiger partial charge in [0.2, 0.25) is 5.95 Å². The fraction of sp³-hybridized carbons (Fsp3) is 0.105. The van der Waals surface area contributed by atoms with E-state index in [4.69, 9.17) is 0 Å². The summed E-state index contributed by atoms with van der Waals surface area (Å²) >= 11 is 0. The molecule has 0 unspecified atom stereocenters. The van der Waals surface area contributed by atoms with Gasteiger partial charge in [0.15, 0.2) is 0 Å². The van der Waals surface area contributed by atoms with Crippen LogP contribution in [-0.2, 0) is 6.42 Å². The average molecular weight is 277 g/mol. The van der Waals surface area contributed by atoms with Crippen molar-refractivity contribution in [2.45, 2.75) is 13.3 Å². The number of nitrogens with zero attached hydrogens (tertiary/aromatic N) is 1. The van der Waals surface area contributed by atoms with Crippen LogP contribution in [0.15, 0.2) is 66.9 Å². The number of benzene rings is 2. The van der Waals surface area contributed by atoms with Gasteiger partial charge in [-0.2, -0.15) is 4.39 Å². The van der Waals surface area contributed by atoms with Crippen LogP contribution in [0.2, 0.25) is 0 Å². The molecule has 0 amide bonds. The predicted octanol–water partition coefficient (Wildman–Crippen LogP) is 5.12. The van der Waals surface area contributed by atoms with Gasteiger partial charge in [0.1, 0.15) is 0 Å². The molecule has 3 aromatic rings. The van der Waals surface area contributed by atoms with Crippen molar-refractivity contribution in [3.05, 3.63) is 78.4 Å². The summed E-state index contributed by atoms with van der Waals surface area (Å²) in [6.45, 7) is 2.15. The Kier molecular flexibility index (Phi) is 3.78. The Labute approximate surface area is 124 Å². The lowest BCUT2D eigenvalue weighted by atomic mass is 10.00. The van der Waals surface area contributed by atoms with Crippen LogP contribution in [-0.4, -0.2) is 4.98 Å². The highest BCUT2D eigenvalue weighted by Crippen LogP contribution is 2.24. The van der Waals surface area contributed by atoms with Gasteiger partial charge in [-0.3, -0.25) is 0 Å². The quantitative estimate of drug-likeness (QED) is 0.606. The van der Waals surface area contributed by atoms with E-state index in [0.717, 1.165) is 17.5 Å². The van der Waals surface area contributed by atoms with Gasteiger partial charge in [0.25, 0.3) is 0 Å². The molecule has 0 saturated heterocycles. The Balaban J connectivity index is 1.87. The summed E-state index contributed by atoms with van der Waals surface area (Å²) in [5.74, 6) is -0.452. The van der Waals surface area contributed by atoms with Crippen molar-refractivity contribution in [1.29, 1.82) is 0 Å². The predicted molar refractivity (Wildman–Crippen MR) is 84.4 cm³/mol. The summed E-state index contributed by atoms with van der Waals surface area (Å²) in [5.41, 5.74) is 5.68. The fourth-order valence-electron chi connectivity index (χ4n) is 2.33. The normalized spacial score (nSPS) is 10.6. The smallest absolute Gasteiger partial charge is 0.212 e. The number of hydrogen-bond donors (Lipinski definition) is 0. The zero-order valence-corrected chi connectivity index (χ0v) is 11.9. The topological polar surface area (TPSA) is 12.9 Å². The molecule has 1 nitrogen and oxygen atoms in total. The van der Waals surface area contributed by atoms with Crippen molar-refractivity contribution in [3.8, 4) is 22.3 Å². The van der Waals surface area contributed by atoms with Crippen LogP contribution < -0.4 is 0 Å². The van der Waals surface area contributed by atoms with Crippen LogP contribution >= 0.6 is 0 Å². The van der Waals surface area contributed by atoms with Crippen LogP contribution in [0, 0.1) is 5.95 Å². The zero-order valence-electron chi connectivity index (χ0n) is 11.9. The second-order valence-corrected chi connectivity index (χ2v) is 5.00. The average Bonchev–Trinajstić information content (AvgIpc) is 2.56. The minimum absolute atomic E-state index is 0.452. The zero-order chi connectivity index (χ0) is 14.7. The van der Waals surface area contributed by atoms with Gasteiger partial charge in [0.05, 0.1) is 0 Å². The maximum absolute atomic E-state index is 12.8. The molecule has 0 aliphatic carbocycles. The SMILES string of the molecule is CCc1ccc(-c2ccc(-c3ccc(F)nc3)cc2)cc1. The summed E-state index contributed by atoms with van der Waals surface area (Å²) in [4.78, 5) is 3.69. The molecular formula is C19H16FN. The lowest BCUT2D eigenvalue weighted by molar-refractivity contribution is 0.584. The van der Waals surface area contributed by atoms with Gasteiger partial charge in [-0.15, -0.1) is 0 Å². The Morgan fingerprint density at radius 1 is 0.714 bits per heavy atom. The summed E-state index contributed by atoms with van der Waals surface area (Å²) < 4.78 is 12.8. The fourth-order valence-corrected chi connectivity index (χ4v) is 2.33. The molecule has 21 heavy (non-hydrogen) atoms. The molecule has 0 saturated carbocycles. The molecule has 0 aliphatic heterocycles. The monoisotopic (exact) mass is 277 g/mol. The molecular weight excluding hydrogens is 261 g/mol. The van der Waals surface area contributed by atoms with Gasteiger partial charge in [-0.05, 0) is 40.8 Å². The van der Waals surface area contributed by atoms with Crippen LogP contribution in [0.25, 0.3) is 22.3 Å². The third-order valence-corrected chi connectivity index (χ3v) is 3.64. The van der Waals surface area contributed by atoms with Crippen molar-refractivity contribution >= 4 is 0 Å².